The first-order valence-electron chi connectivity index (χ1n) is 6.27. The highest BCUT2D eigenvalue weighted by Gasteiger charge is 2.49. The molecule has 0 aliphatic heterocycles. The Labute approximate surface area is 105 Å². The first kappa shape index (κ1) is 16.6. The van der Waals surface area contributed by atoms with Gasteiger partial charge in [0, 0.05) is 26.2 Å². The summed E-state index contributed by atoms with van der Waals surface area (Å²) in [6.07, 6.45) is 2.12. The van der Waals surface area contributed by atoms with Crippen LogP contribution in [0.25, 0.3) is 0 Å². The van der Waals surface area contributed by atoms with Crippen molar-refractivity contribution in [1.82, 2.24) is 0 Å². The third kappa shape index (κ3) is 6.77. The van der Waals surface area contributed by atoms with E-state index in [2.05, 4.69) is 0 Å². The molecule has 0 unspecified atom stereocenters. The van der Waals surface area contributed by atoms with Gasteiger partial charge in [-0.05, 0) is 27.2 Å². The van der Waals surface area contributed by atoms with Crippen molar-refractivity contribution in [3.05, 3.63) is 0 Å². The summed E-state index contributed by atoms with van der Waals surface area (Å²) in [7, 11) is -3.26. The molecule has 0 bridgehead atoms. The van der Waals surface area contributed by atoms with E-state index < -0.39 is 9.05 Å². The maximum absolute atomic E-state index is 11.6. The van der Waals surface area contributed by atoms with E-state index >= 15 is 0 Å². The average Bonchev–Trinajstić information content (AvgIpc) is 2.27. The van der Waals surface area contributed by atoms with Gasteiger partial charge in [-0.25, -0.2) is 0 Å². The van der Waals surface area contributed by atoms with Gasteiger partial charge in [0.1, 0.15) is 0 Å². The summed E-state index contributed by atoms with van der Waals surface area (Å²) in [5.41, 5.74) is 0. The smallest absolute Gasteiger partial charge is 0.452 e. The summed E-state index contributed by atoms with van der Waals surface area (Å²) >= 11 is 0. The van der Waals surface area contributed by atoms with E-state index in [0.29, 0.717) is 26.2 Å². The molecule has 0 aliphatic rings. The quantitative estimate of drug-likeness (QED) is 0.567. The van der Waals surface area contributed by atoms with Crippen molar-refractivity contribution < 1.29 is 22.5 Å². The maximum Gasteiger partial charge on any atom is 0.751 e. The molecule has 0 aromatic rings. The van der Waals surface area contributed by atoms with E-state index in [0.717, 1.165) is 12.8 Å². The van der Waals surface area contributed by atoms with Gasteiger partial charge in [0.15, 0.2) is 0 Å². The van der Waals surface area contributed by atoms with E-state index in [-0.39, 0.29) is 5.97 Å². The summed E-state index contributed by atoms with van der Waals surface area (Å²) in [5.74, 6) is -0.311. The highest BCUT2D eigenvalue weighted by molar-refractivity contribution is 6.55. The molecule has 0 amide bonds. The Morgan fingerprint density at radius 1 is 0.941 bits per heavy atom. The Morgan fingerprint density at radius 2 is 1.41 bits per heavy atom. The fraction of sp³-hybridized carbons (Fsp3) is 0.909. The van der Waals surface area contributed by atoms with Gasteiger partial charge in [0.2, 0.25) is 0 Å². The molecule has 0 radical (unpaired) electrons. The minimum atomic E-state index is -3.26. The van der Waals surface area contributed by atoms with Gasteiger partial charge in [0.05, 0.1) is 0 Å². The lowest BCUT2D eigenvalue weighted by Crippen LogP contribution is -2.50. The number of hydrogen-bond donors (Lipinski definition) is 0. The molecule has 0 saturated carbocycles. The van der Waals surface area contributed by atoms with Gasteiger partial charge in [-0.3, -0.25) is 4.79 Å². The van der Waals surface area contributed by atoms with Crippen LogP contribution in [0.4, 0.5) is 0 Å². The van der Waals surface area contributed by atoms with Crippen LogP contribution in [0.2, 0.25) is 0 Å². The Morgan fingerprint density at radius 3 is 1.76 bits per heavy atom. The molecule has 0 aromatic carbocycles. The molecular weight excluding hydrogens is 240 g/mol. The Balaban J connectivity index is 4.46. The minimum absolute atomic E-state index is 0.311. The fourth-order valence-corrected chi connectivity index (χ4v) is 3.12. The molecule has 0 aromatic heterocycles. The van der Waals surface area contributed by atoms with Crippen molar-refractivity contribution in [3.8, 4) is 0 Å². The molecular formula is C11H24O5Si. The Hall–Kier alpha value is -0.433. The van der Waals surface area contributed by atoms with Gasteiger partial charge in [-0.15, -0.1) is 0 Å². The monoisotopic (exact) mass is 264 g/mol. The lowest BCUT2D eigenvalue weighted by Gasteiger charge is -2.25. The largest absolute Gasteiger partial charge is 0.751 e. The zero-order valence-electron chi connectivity index (χ0n) is 11.3. The molecule has 0 N–H and O–H groups in total. The SMILES string of the molecule is CCCCC(=O)O[Si](OCC)(OCC)OCC. The van der Waals surface area contributed by atoms with Crippen LogP contribution < -0.4 is 0 Å². The highest BCUT2D eigenvalue weighted by atomic mass is 28.4. The molecule has 102 valence electrons. The summed E-state index contributed by atoms with van der Waals surface area (Å²) in [6, 6.07) is 0. The molecule has 0 rings (SSSR count). The van der Waals surface area contributed by atoms with E-state index in [4.69, 9.17) is 17.7 Å². The van der Waals surface area contributed by atoms with Crippen molar-refractivity contribution >= 4 is 15.0 Å². The lowest BCUT2D eigenvalue weighted by atomic mass is 10.3. The van der Waals surface area contributed by atoms with E-state index in [1.165, 1.54) is 0 Å². The van der Waals surface area contributed by atoms with Crippen LogP contribution in [0.15, 0.2) is 0 Å². The van der Waals surface area contributed by atoms with E-state index in [1.807, 2.05) is 27.7 Å². The second-order valence-corrected chi connectivity index (χ2v) is 5.45. The van der Waals surface area contributed by atoms with Crippen molar-refractivity contribution in [2.24, 2.45) is 0 Å². The zero-order valence-corrected chi connectivity index (χ0v) is 12.3. The molecule has 6 heteroatoms. The van der Waals surface area contributed by atoms with Crippen molar-refractivity contribution in [3.63, 3.8) is 0 Å². The van der Waals surface area contributed by atoms with Crippen molar-refractivity contribution in [2.75, 3.05) is 19.8 Å². The van der Waals surface area contributed by atoms with Gasteiger partial charge in [-0.2, -0.15) is 0 Å². The van der Waals surface area contributed by atoms with E-state index in [9.17, 15) is 4.79 Å². The minimum Gasteiger partial charge on any atom is -0.452 e. The van der Waals surface area contributed by atoms with Gasteiger partial charge >= 0.3 is 9.05 Å². The Kier molecular flexibility index (Phi) is 9.34. The van der Waals surface area contributed by atoms with Crippen LogP contribution in [0, 0.1) is 0 Å². The highest BCUT2D eigenvalue weighted by Crippen LogP contribution is 2.14. The van der Waals surface area contributed by atoms with Crippen LogP contribution in [0.5, 0.6) is 0 Å². The van der Waals surface area contributed by atoms with Crippen LogP contribution in [-0.2, 0) is 22.5 Å². The summed E-state index contributed by atoms with van der Waals surface area (Å²) in [6.45, 7) is 8.67. The predicted molar refractivity (Wildman–Crippen MR) is 66.2 cm³/mol. The summed E-state index contributed by atoms with van der Waals surface area (Å²) in [5, 5.41) is 0. The van der Waals surface area contributed by atoms with Crippen LogP contribution in [0.1, 0.15) is 47.0 Å². The second kappa shape index (κ2) is 9.58. The lowest BCUT2D eigenvalue weighted by molar-refractivity contribution is -0.144. The molecule has 0 aliphatic carbocycles. The maximum atomic E-state index is 11.6. The zero-order chi connectivity index (χ0) is 13.1. The predicted octanol–water partition coefficient (Wildman–Crippen LogP) is 2.26. The summed E-state index contributed by atoms with van der Waals surface area (Å²) < 4.78 is 21.5. The average molecular weight is 264 g/mol. The first-order valence-corrected chi connectivity index (χ1v) is 7.91. The number of rotatable bonds is 10. The normalized spacial score (nSPS) is 11.5. The fourth-order valence-electron chi connectivity index (χ4n) is 1.26. The molecule has 17 heavy (non-hydrogen) atoms. The number of carbonyl (C=O) groups excluding carboxylic acids is 1. The Bertz CT molecular complexity index is 193. The third-order valence-corrected chi connectivity index (χ3v) is 4.34. The van der Waals surface area contributed by atoms with Crippen molar-refractivity contribution in [2.45, 2.75) is 47.0 Å². The molecule has 0 fully saturated rings. The van der Waals surface area contributed by atoms with E-state index in [1.54, 1.807) is 0 Å². The number of unbranched alkanes of at least 4 members (excludes halogenated alkanes) is 1. The van der Waals surface area contributed by atoms with Gasteiger partial charge < -0.3 is 17.7 Å². The van der Waals surface area contributed by atoms with Gasteiger partial charge in [0.25, 0.3) is 5.97 Å². The number of hydrogen-bond acceptors (Lipinski definition) is 5. The summed E-state index contributed by atoms with van der Waals surface area (Å²) in [4.78, 5) is 11.6. The first-order chi connectivity index (χ1) is 8.14. The second-order valence-electron chi connectivity index (χ2n) is 3.38. The standard InChI is InChI=1S/C11H24O5Si/c1-5-9-10-11(12)16-17(13-6-2,14-7-3)15-8-4/h5-10H2,1-4H3. The molecule has 0 heterocycles. The molecule has 0 atom stereocenters. The topological polar surface area (TPSA) is 54.0 Å². The van der Waals surface area contributed by atoms with Crippen molar-refractivity contribution in [1.29, 1.82) is 0 Å². The third-order valence-electron chi connectivity index (χ3n) is 1.94. The van der Waals surface area contributed by atoms with Crippen LogP contribution in [0.3, 0.4) is 0 Å². The molecule has 0 saturated heterocycles. The molecule has 0 spiro atoms. The number of carbonyl (C=O) groups is 1. The molecule has 5 nitrogen and oxygen atoms in total. The van der Waals surface area contributed by atoms with Gasteiger partial charge in [-0.1, -0.05) is 13.3 Å². The van der Waals surface area contributed by atoms with Crippen LogP contribution in [-0.4, -0.2) is 34.8 Å². The van der Waals surface area contributed by atoms with Crippen LogP contribution >= 0.6 is 0 Å².